The lowest BCUT2D eigenvalue weighted by Crippen LogP contribution is -2.40. The summed E-state index contributed by atoms with van der Waals surface area (Å²) in [5.74, 6) is 3.82. The van der Waals surface area contributed by atoms with E-state index in [1.165, 1.54) is 44.9 Å². The van der Waals surface area contributed by atoms with Gasteiger partial charge in [-0.05, 0) is 48.3 Å². The van der Waals surface area contributed by atoms with Crippen LogP contribution in [0.25, 0.3) is 0 Å². The van der Waals surface area contributed by atoms with E-state index in [-0.39, 0.29) is 0 Å². The first-order valence-electron chi connectivity index (χ1n) is 7.57. The van der Waals surface area contributed by atoms with E-state index < -0.39 is 0 Å². The minimum atomic E-state index is 0.664. The molecule has 0 aromatic heterocycles. The number of hydrogen-bond acceptors (Lipinski definition) is 0. The smallest absolute Gasteiger partial charge is 0.0220 e. The van der Waals surface area contributed by atoms with Crippen molar-refractivity contribution in [3.63, 3.8) is 0 Å². The fourth-order valence-corrected chi connectivity index (χ4v) is 5.08. The van der Waals surface area contributed by atoms with Gasteiger partial charge in [0.05, 0.1) is 0 Å². The molecule has 0 unspecified atom stereocenters. The normalized spacial score (nSPS) is 34.1. The van der Waals surface area contributed by atoms with Crippen LogP contribution in [0.3, 0.4) is 0 Å². The summed E-state index contributed by atoms with van der Waals surface area (Å²) in [7, 11) is 0. The van der Waals surface area contributed by atoms with Crippen LogP contribution in [0, 0.1) is 29.1 Å². The van der Waals surface area contributed by atoms with Gasteiger partial charge < -0.3 is 0 Å². The van der Waals surface area contributed by atoms with Crippen molar-refractivity contribution < 1.29 is 0 Å². The van der Waals surface area contributed by atoms with Crippen molar-refractivity contribution in [3.05, 3.63) is 0 Å². The van der Waals surface area contributed by atoms with Gasteiger partial charge in [0, 0.05) is 0 Å². The van der Waals surface area contributed by atoms with Crippen molar-refractivity contribution in [1.82, 2.24) is 0 Å². The van der Waals surface area contributed by atoms with Gasteiger partial charge in [0.15, 0.2) is 0 Å². The maximum Gasteiger partial charge on any atom is -0.0220 e. The molecule has 0 radical (unpaired) electrons. The van der Waals surface area contributed by atoms with E-state index in [9.17, 15) is 0 Å². The number of rotatable bonds is 2. The van der Waals surface area contributed by atoms with Gasteiger partial charge in [-0.1, -0.05) is 53.4 Å². The fraction of sp³-hybridized carbons (Fsp3) is 1.00. The zero-order valence-electron chi connectivity index (χ0n) is 11.8. The summed E-state index contributed by atoms with van der Waals surface area (Å²) in [6.07, 6.45) is 10.6. The molecule has 0 saturated heterocycles. The quantitative estimate of drug-likeness (QED) is 0.596. The number of hydrogen-bond donors (Lipinski definition) is 0. The molecule has 2 fully saturated rings. The zero-order valence-corrected chi connectivity index (χ0v) is 11.8. The molecule has 0 amide bonds. The van der Waals surface area contributed by atoms with Crippen LogP contribution in [-0.2, 0) is 0 Å². The molecule has 2 aliphatic rings. The highest BCUT2D eigenvalue weighted by molar-refractivity contribution is 4.96. The molecule has 0 aromatic carbocycles. The summed E-state index contributed by atoms with van der Waals surface area (Å²) >= 11 is 0. The van der Waals surface area contributed by atoms with E-state index in [1.54, 1.807) is 0 Å². The van der Waals surface area contributed by atoms with Crippen LogP contribution in [0.4, 0.5) is 0 Å². The Balaban J connectivity index is 2.34. The maximum atomic E-state index is 2.49. The third-order valence-corrected chi connectivity index (χ3v) is 5.88. The molecule has 2 aliphatic carbocycles. The molecule has 2 saturated carbocycles. The molecule has 94 valence electrons. The lowest BCUT2D eigenvalue weighted by molar-refractivity contribution is 0.0172. The first kappa shape index (κ1) is 12.5. The van der Waals surface area contributed by atoms with E-state index in [4.69, 9.17) is 0 Å². The van der Waals surface area contributed by atoms with E-state index in [1.807, 2.05) is 0 Å². The van der Waals surface area contributed by atoms with Crippen molar-refractivity contribution in [3.8, 4) is 0 Å². The fourth-order valence-electron chi connectivity index (χ4n) is 5.08. The van der Waals surface area contributed by atoms with Gasteiger partial charge in [-0.2, -0.15) is 0 Å². The molecule has 0 aromatic rings. The first-order chi connectivity index (χ1) is 7.57. The summed E-state index contributed by atoms with van der Waals surface area (Å²) in [5, 5.41) is 0. The molecule has 2 rings (SSSR count). The molecule has 0 heteroatoms. The van der Waals surface area contributed by atoms with Crippen molar-refractivity contribution in [1.29, 1.82) is 0 Å². The highest BCUT2D eigenvalue weighted by Gasteiger charge is 2.47. The van der Waals surface area contributed by atoms with E-state index >= 15 is 0 Å². The maximum absolute atomic E-state index is 2.49. The van der Waals surface area contributed by atoms with Crippen LogP contribution in [0.2, 0.25) is 0 Å². The minimum Gasteiger partial charge on any atom is -0.0622 e. The highest BCUT2D eigenvalue weighted by atomic mass is 14.5. The van der Waals surface area contributed by atoms with Crippen LogP contribution >= 0.6 is 0 Å². The standard InChI is InChI=1S/C16H30/c1-12(2)16(13(3)4)11-14-7-5-9-15(16)10-6-8-14/h12-15H,5-11H2,1-4H3. The van der Waals surface area contributed by atoms with Crippen molar-refractivity contribution in [2.75, 3.05) is 0 Å². The molecule has 0 spiro atoms. The second-order valence-corrected chi connectivity index (χ2v) is 7.05. The van der Waals surface area contributed by atoms with Crippen LogP contribution in [0.1, 0.15) is 72.6 Å². The topological polar surface area (TPSA) is 0 Å². The second kappa shape index (κ2) is 4.70. The van der Waals surface area contributed by atoms with Gasteiger partial charge in [-0.3, -0.25) is 0 Å². The Hall–Kier alpha value is 0. The van der Waals surface area contributed by atoms with E-state index in [0.717, 1.165) is 23.7 Å². The van der Waals surface area contributed by atoms with Crippen LogP contribution in [0.5, 0.6) is 0 Å². The third kappa shape index (κ3) is 1.93. The summed E-state index contributed by atoms with van der Waals surface area (Å²) in [6, 6.07) is 0. The van der Waals surface area contributed by atoms with Crippen molar-refractivity contribution in [2.45, 2.75) is 72.6 Å². The SMILES string of the molecule is CC(C)C1(C(C)C)CC2CCCC1CCC2. The minimum absolute atomic E-state index is 0.664. The molecule has 0 atom stereocenters. The Morgan fingerprint density at radius 2 is 1.31 bits per heavy atom. The molecular weight excluding hydrogens is 192 g/mol. The van der Waals surface area contributed by atoms with Crippen LogP contribution in [0.15, 0.2) is 0 Å². The molecule has 0 heterocycles. The predicted molar refractivity (Wildman–Crippen MR) is 71.4 cm³/mol. The summed E-state index contributed by atoms with van der Waals surface area (Å²) in [5.41, 5.74) is 0.664. The average Bonchev–Trinajstić information content (AvgIpc) is 2.44. The molecule has 0 N–H and O–H groups in total. The number of fused-ring (bicyclic) bond motifs is 3. The van der Waals surface area contributed by atoms with Gasteiger partial charge in [0.1, 0.15) is 0 Å². The van der Waals surface area contributed by atoms with E-state index in [0.29, 0.717) is 5.41 Å². The molecule has 2 bridgehead atoms. The van der Waals surface area contributed by atoms with Gasteiger partial charge in [-0.15, -0.1) is 0 Å². The Labute approximate surface area is 102 Å². The highest BCUT2D eigenvalue weighted by Crippen LogP contribution is 2.56. The van der Waals surface area contributed by atoms with Crippen molar-refractivity contribution in [2.24, 2.45) is 29.1 Å². The Morgan fingerprint density at radius 1 is 0.812 bits per heavy atom. The van der Waals surface area contributed by atoms with Crippen LogP contribution in [-0.4, -0.2) is 0 Å². The molecule has 16 heavy (non-hydrogen) atoms. The molecular formula is C16H30. The monoisotopic (exact) mass is 222 g/mol. The average molecular weight is 222 g/mol. The van der Waals surface area contributed by atoms with Crippen LogP contribution < -0.4 is 0 Å². The largest absolute Gasteiger partial charge is 0.0622 e. The Morgan fingerprint density at radius 3 is 1.75 bits per heavy atom. The molecule has 0 aliphatic heterocycles. The van der Waals surface area contributed by atoms with E-state index in [2.05, 4.69) is 27.7 Å². The zero-order chi connectivity index (χ0) is 11.8. The van der Waals surface area contributed by atoms with Gasteiger partial charge in [0.2, 0.25) is 0 Å². The first-order valence-corrected chi connectivity index (χ1v) is 7.57. The Kier molecular flexibility index (Phi) is 3.66. The van der Waals surface area contributed by atoms with Crippen molar-refractivity contribution >= 4 is 0 Å². The second-order valence-electron chi connectivity index (χ2n) is 7.05. The summed E-state index contributed by atoms with van der Waals surface area (Å²) < 4.78 is 0. The third-order valence-electron chi connectivity index (χ3n) is 5.88. The molecule has 0 nitrogen and oxygen atoms in total. The lowest BCUT2D eigenvalue weighted by Gasteiger charge is -2.47. The lowest BCUT2D eigenvalue weighted by atomic mass is 9.58. The summed E-state index contributed by atoms with van der Waals surface area (Å²) in [4.78, 5) is 0. The van der Waals surface area contributed by atoms with Gasteiger partial charge in [0.25, 0.3) is 0 Å². The predicted octanol–water partition coefficient (Wildman–Crippen LogP) is 5.28. The van der Waals surface area contributed by atoms with Gasteiger partial charge in [-0.25, -0.2) is 0 Å². The summed E-state index contributed by atoms with van der Waals surface area (Å²) in [6.45, 7) is 9.95. The van der Waals surface area contributed by atoms with Gasteiger partial charge >= 0.3 is 0 Å². The Bertz CT molecular complexity index is 208.